The summed E-state index contributed by atoms with van der Waals surface area (Å²) in [6.07, 6.45) is 3.52. The summed E-state index contributed by atoms with van der Waals surface area (Å²) in [7, 11) is 1.62. The second-order valence-corrected chi connectivity index (χ2v) is 6.35. The van der Waals surface area contributed by atoms with Gasteiger partial charge in [-0.2, -0.15) is 0 Å². The number of carbonyl (C=O) groups is 1. The number of nitrogens with two attached hydrogens (primary N) is 1. The van der Waals surface area contributed by atoms with Crippen molar-refractivity contribution in [1.82, 2.24) is 10.6 Å². The van der Waals surface area contributed by atoms with Crippen LogP contribution >= 0.6 is 0 Å². The summed E-state index contributed by atoms with van der Waals surface area (Å²) in [6.45, 7) is 7.11. The van der Waals surface area contributed by atoms with Crippen LogP contribution in [0.5, 0.6) is 0 Å². The Morgan fingerprint density at radius 2 is 1.83 bits per heavy atom. The lowest BCUT2D eigenvalue weighted by Gasteiger charge is -2.15. The number of amides is 1. The molecule has 0 saturated carbocycles. The Balaban J connectivity index is 2.42. The summed E-state index contributed by atoms with van der Waals surface area (Å²) < 4.78 is 0. The van der Waals surface area contributed by atoms with E-state index in [1.165, 1.54) is 12.8 Å². The first-order valence-electron chi connectivity index (χ1n) is 8.29. The second-order valence-electron chi connectivity index (χ2n) is 6.35. The monoisotopic (exact) mass is 318 g/mol. The number of hydrogen-bond acceptors (Lipinski definition) is 2. The Morgan fingerprint density at radius 3 is 2.39 bits per heavy atom. The molecule has 0 aliphatic carbocycles. The van der Waals surface area contributed by atoms with Gasteiger partial charge in [-0.05, 0) is 37.0 Å². The molecule has 1 atom stereocenters. The lowest BCUT2D eigenvalue weighted by atomic mass is 10.0. The number of nitrogens with zero attached hydrogens (tertiary/aromatic N) is 1. The van der Waals surface area contributed by atoms with E-state index in [0.717, 1.165) is 17.9 Å². The first-order valence-corrected chi connectivity index (χ1v) is 8.29. The summed E-state index contributed by atoms with van der Waals surface area (Å²) in [5, 5.41) is 5.83. The van der Waals surface area contributed by atoms with E-state index in [2.05, 4.69) is 36.4 Å². The number of nitrogens with one attached hydrogen (secondary N) is 2. The molecule has 23 heavy (non-hydrogen) atoms. The van der Waals surface area contributed by atoms with Crippen LogP contribution in [0.25, 0.3) is 0 Å². The molecule has 1 rings (SSSR count). The highest BCUT2D eigenvalue weighted by Gasteiger charge is 2.04. The maximum atomic E-state index is 11.5. The predicted octanol–water partition coefficient (Wildman–Crippen LogP) is 2.67. The maximum absolute atomic E-state index is 11.5. The number of benzene rings is 1. The zero-order chi connectivity index (χ0) is 17.2. The molecule has 0 bridgehead atoms. The van der Waals surface area contributed by atoms with Crippen molar-refractivity contribution in [3.8, 4) is 0 Å². The third-order valence-electron chi connectivity index (χ3n) is 3.69. The van der Waals surface area contributed by atoms with Crippen molar-refractivity contribution in [3.63, 3.8) is 0 Å². The molecule has 1 unspecified atom stereocenters. The predicted molar refractivity (Wildman–Crippen MR) is 96.4 cm³/mol. The van der Waals surface area contributed by atoms with Crippen LogP contribution in [0, 0.1) is 5.92 Å². The number of aliphatic imine (C=N–C) groups is 1. The van der Waals surface area contributed by atoms with Crippen molar-refractivity contribution < 1.29 is 4.79 Å². The molecule has 0 aliphatic heterocycles. The normalized spacial score (nSPS) is 13.0. The van der Waals surface area contributed by atoms with Crippen LogP contribution in [0.1, 0.15) is 56.0 Å². The molecule has 0 aliphatic rings. The molecule has 1 aromatic rings. The molecule has 5 heteroatoms. The summed E-state index contributed by atoms with van der Waals surface area (Å²) in [5.41, 5.74) is 7.60. The Bertz CT molecular complexity index is 508. The molecule has 5 nitrogen and oxygen atoms in total. The SMILES string of the molecule is CNC(=O)c1ccc(CN=C(N)NC(C)CCCC(C)C)cc1. The fourth-order valence-corrected chi connectivity index (χ4v) is 2.28. The van der Waals surface area contributed by atoms with Gasteiger partial charge in [0.25, 0.3) is 5.91 Å². The Hall–Kier alpha value is -2.04. The van der Waals surface area contributed by atoms with Crippen molar-refractivity contribution in [2.45, 2.75) is 52.6 Å². The molecule has 0 aromatic heterocycles. The quantitative estimate of drug-likeness (QED) is 0.509. The van der Waals surface area contributed by atoms with Gasteiger partial charge in [-0.3, -0.25) is 4.79 Å². The van der Waals surface area contributed by atoms with Gasteiger partial charge in [-0.15, -0.1) is 0 Å². The van der Waals surface area contributed by atoms with Crippen molar-refractivity contribution in [2.75, 3.05) is 7.05 Å². The van der Waals surface area contributed by atoms with E-state index >= 15 is 0 Å². The highest BCUT2D eigenvalue weighted by atomic mass is 16.1. The highest BCUT2D eigenvalue weighted by molar-refractivity contribution is 5.93. The molecular weight excluding hydrogens is 288 g/mol. The standard InChI is InChI=1S/C18H30N4O/c1-13(2)6-5-7-14(3)22-18(19)21-12-15-8-10-16(11-9-15)17(23)20-4/h8-11,13-14H,5-7,12H2,1-4H3,(H,20,23)(H3,19,21,22). The fraction of sp³-hybridized carbons (Fsp3) is 0.556. The third-order valence-corrected chi connectivity index (χ3v) is 3.69. The Morgan fingerprint density at radius 1 is 1.17 bits per heavy atom. The van der Waals surface area contributed by atoms with Crippen molar-refractivity contribution >= 4 is 11.9 Å². The average Bonchev–Trinajstić information content (AvgIpc) is 2.52. The number of hydrogen-bond donors (Lipinski definition) is 3. The first kappa shape index (κ1) is 19.0. The van der Waals surface area contributed by atoms with Crippen LogP contribution in [0.4, 0.5) is 0 Å². The van der Waals surface area contributed by atoms with E-state index in [4.69, 9.17) is 5.73 Å². The van der Waals surface area contributed by atoms with Crippen molar-refractivity contribution in [1.29, 1.82) is 0 Å². The molecule has 0 heterocycles. The van der Waals surface area contributed by atoms with Gasteiger partial charge in [-0.1, -0.05) is 38.8 Å². The van der Waals surface area contributed by atoms with Gasteiger partial charge in [0.1, 0.15) is 0 Å². The van der Waals surface area contributed by atoms with E-state index in [0.29, 0.717) is 24.1 Å². The molecular formula is C18H30N4O. The smallest absolute Gasteiger partial charge is 0.251 e. The van der Waals surface area contributed by atoms with Gasteiger partial charge in [0.05, 0.1) is 6.54 Å². The highest BCUT2D eigenvalue weighted by Crippen LogP contribution is 2.08. The van der Waals surface area contributed by atoms with Crippen molar-refractivity contribution in [2.24, 2.45) is 16.6 Å². The average molecular weight is 318 g/mol. The van der Waals surface area contributed by atoms with E-state index in [-0.39, 0.29) is 5.91 Å². The summed E-state index contributed by atoms with van der Waals surface area (Å²) in [6, 6.07) is 7.71. The number of rotatable bonds is 8. The zero-order valence-electron chi connectivity index (χ0n) is 14.7. The van der Waals surface area contributed by atoms with Crippen LogP contribution in [-0.4, -0.2) is 25.0 Å². The van der Waals surface area contributed by atoms with Gasteiger partial charge in [-0.25, -0.2) is 4.99 Å². The van der Waals surface area contributed by atoms with Gasteiger partial charge < -0.3 is 16.4 Å². The molecule has 4 N–H and O–H groups in total. The van der Waals surface area contributed by atoms with Crippen LogP contribution in [0.2, 0.25) is 0 Å². The molecule has 1 aromatic carbocycles. The van der Waals surface area contributed by atoms with Crippen LogP contribution < -0.4 is 16.4 Å². The lowest BCUT2D eigenvalue weighted by Crippen LogP contribution is -2.38. The topological polar surface area (TPSA) is 79.5 Å². The molecule has 0 saturated heterocycles. The van der Waals surface area contributed by atoms with E-state index in [9.17, 15) is 4.79 Å². The lowest BCUT2D eigenvalue weighted by molar-refractivity contribution is 0.0963. The largest absolute Gasteiger partial charge is 0.370 e. The van der Waals surface area contributed by atoms with Gasteiger partial charge in [0.15, 0.2) is 5.96 Å². The first-order chi connectivity index (χ1) is 10.9. The van der Waals surface area contributed by atoms with E-state index in [1.54, 1.807) is 19.2 Å². The summed E-state index contributed by atoms with van der Waals surface area (Å²) in [5.74, 6) is 1.12. The van der Waals surface area contributed by atoms with Crippen LogP contribution in [-0.2, 0) is 6.54 Å². The molecule has 0 spiro atoms. The van der Waals surface area contributed by atoms with E-state index in [1.807, 2.05) is 12.1 Å². The van der Waals surface area contributed by atoms with Crippen LogP contribution in [0.3, 0.4) is 0 Å². The minimum atomic E-state index is -0.0866. The number of guanidine groups is 1. The Labute approximate surface area is 139 Å². The van der Waals surface area contributed by atoms with Gasteiger partial charge >= 0.3 is 0 Å². The summed E-state index contributed by atoms with van der Waals surface area (Å²) >= 11 is 0. The maximum Gasteiger partial charge on any atom is 0.251 e. The molecule has 0 fully saturated rings. The minimum absolute atomic E-state index is 0.0866. The Kier molecular flexibility index (Phi) is 8.16. The van der Waals surface area contributed by atoms with Gasteiger partial charge in [0, 0.05) is 18.7 Å². The second kappa shape index (κ2) is 9.87. The number of carbonyl (C=O) groups excluding carboxylic acids is 1. The van der Waals surface area contributed by atoms with Crippen LogP contribution in [0.15, 0.2) is 29.3 Å². The fourth-order valence-electron chi connectivity index (χ4n) is 2.28. The molecule has 128 valence electrons. The summed E-state index contributed by atoms with van der Waals surface area (Å²) in [4.78, 5) is 15.8. The van der Waals surface area contributed by atoms with Crippen molar-refractivity contribution in [3.05, 3.63) is 35.4 Å². The zero-order valence-corrected chi connectivity index (χ0v) is 14.7. The van der Waals surface area contributed by atoms with E-state index < -0.39 is 0 Å². The molecule has 0 radical (unpaired) electrons. The third kappa shape index (κ3) is 7.68. The molecule has 1 amide bonds. The van der Waals surface area contributed by atoms with Gasteiger partial charge in [0.2, 0.25) is 0 Å². The minimum Gasteiger partial charge on any atom is -0.370 e.